The van der Waals surface area contributed by atoms with Gasteiger partial charge in [-0.3, -0.25) is 0 Å². The number of ether oxygens (including phenoxy) is 2. The number of imidazole rings is 1. The van der Waals surface area contributed by atoms with E-state index in [4.69, 9.17) is 9.47 Å². The van der Waals surface area contributed by atoms with E-state index in [9.17, 15) is 0 Å². The molecular formula is C16H24ClN3O2. The summed E-state index contributed by atoms with van der Waals surface area (Å²) < 4.78 is 13.0. The Balaban J connectivity index is 0.00000242. The number of benzene rings is 1. The van der Waals surface area contributed by atoms with Crippen LogP contribution in [0.15, 0.2) is 36.9 Å². The molecule has 1 N–H and O–H groups in total. The predicted molar refractivity (Wildman–Crippen MR) is 90.0 cm³/mol. The molecule has 0 saturated heterocycles. The average molecular weight is 326 g/mol. The van der Waals surface area contributed by atoms with Crippen molar-refractivity contribution < 1.29 is 9.47 Å². The van der Waals surface area contributed by atoms with Gasteiger partial charge in [0.1, 0.15) is 0 Å². The molecule has 0 amide bonds. The van der Waals surface area contributed by atoms with Gasteiger partial charge >= 0.3 is 0 Å². The third-order valence-electron chi connectivity index (χ3n) is 3.19. The Morgan fingerprint density at radius 3 is 2.82 bits per heavy atom. The second-order valence-corrected chi connectivity index (χ2v) is 4.75. The molecule has 0 atom stereocenters. The summed E-state index contributed by atoms with van der Waals surface area (Å²) in [6, 6.07) is 6.05. The normalized spacial score (nSPS) is 10.1. The highest BCUT2D eigenvalue weighted by molar-refractivity contribution is 5.85. The summed E-state index contributed by atoms with van der Waals surface area (Å²) in [4.78, 5) is 4.03. The van der Waals surface area contributed by atoms with Crippen molar-refractivity contribution >= 4 is 12.4 Å². The monoisotopic (exact) mass is 325 g/mol. The van der Waals surface area contributed by atoms with Crippen molar-refractivity contribution in [1.82, 2.24) is 14.9 Å². The molecule has 1 aromatic carbocycles. The quantitative estimate of drug-likeness (QED) is 0.720. The minimum atomic E-state index is 0. The number of halogens is 1. The first-order valence-electron chi connectivity index (χ1n) is 7.29. The van der Waals surface area contributed by atoms with E-state index < -0.39 is 0 Å². The van der Waals surface area contributed by atoms with Gasteiger partial charge in [0.05, 0.1) is 20.0 Å². The molecule has 5 nitrogen and oxygen atoms in total. The molecule has 6 heteroatoms. The van der Waals surface area contributed by atoms with Crippen LogP contribution >= 0.6 is 12.4 Å². The van der Waals surface area contributed by atoms with Crippen molar-refractivity contribution in [3.63, 3.8) is 0 Å². The minimum absolute atomic E-state index is 0. The molecule has 0 bridgehead atoms. The SMILES string of the molecule is CCOc1ccc(CNCCCn2ccnc2)cc1OC.Cl. The molecule has 2 aromatic rings. The molecule has 1 heterocycles. The van der Waals surface area contributed by atoms with Gasteiger partial charge in [0.2, 0.25) is 0 Å². The third kappa shape index (κ3) is 5.58. The Labute approximate surface area is 138 Å². The maximum absolute atomic E-state index is 5.51. The van der Waals surface area contributed by atoms with E-state index in [0.717, 1.165) is 37.6 Å². The van der Waals surface area contributed by atoms with Crippen molar-refractivity contribution in [2.45, 2.75) is 26.4 Å². The maximum Gasteiger partial charge on any atom is 0.161 e. The Hall–Kier alpha value is -1.72. The topological polar surface area (TPSA) is 48.3 Å². The molecule has 122 valence electrons. The van der Waals surface area contributed by atoms with Crippen LogP contribution in [0, 0.1) is 0 Å². The van der Waals surface area contributed by atoms with Crippen LogP contribution in [0.3, 0.4) is 0 Å². The number of hydrogen-bond acceptors (Lipinski definition) is 4. The second-order valence-electron chi connectivity index (χ2n) is 4.75. The first-order chi connectivity index (χ1) is 10.3. The van der Waals surface area contributed by atoms with Crippen LogP contribution in [0.1, 0.15) is 18.9 Å². The van der Waals surface area contributed by atoms with E-state index in [-0.39, 0.29) is 12.4 Å². The smallest absolute Gasteiger partial charge is 0.161 e. The molecule has 2 rings (SSSR count). The molecular weight excluding hydrogens is 302 g/mol. The molecule has 1 aromatic heterocycles. The summed E-state index contributed by atoms with van der Waals surface area (Å²) in [5, 5.41) is 3.44. The van der Waals surface area contributed by atoms with Crippen molar-refractivity contribution in [3.8, 4) is 11.5 Å². The molecule has 0 spiro atoms. The van der Waals surface area contributed by atoms with Crippen molar-refractivity contribution in [3.05, 3.63) is 42.5 Å². The molecule has 0 radical (unpaired) electrons. The standard InChI is InChI=1S/C16H23N3O2.ClH/c1-3-21-15-6-5-14(11-16(15)20-2)12-17-7-4-9-19-10-8-18-13-19;/h5-6,8,10-11,13,17H,3-4,7,9,12H2,1-2H3;1H. The van der Waals surface area contributed by atoms with Gasteiger partial charge in [0, 0.05) is 25.5 Å². The lowest BCUT2D eigenvalue weighted by atomic mass is 10.2. The lowest BCUT2D eigenvalue weighted by Crippen LogP contribution is -2.16. The zero-order valence-electron chi connectivity index (χ0n) is 13.1. The molecule has 0 unspecified atom stereocenters. The fourth-order valence-corrected chi connectivity index (χ4v) is 2.14. The Bertz CT molecular complexity index is 532. The average Bonchev–Trinajstić information content (AvgIpc) is 3.01. The summed E-state index contributed by atoms with van der Waals surface area (Å²) >= 11 is 0. The van der Waals surface area contributed by atoms with Crippen LogP contribution < -0.4 is 14.8 Å². The highest BCUT2D eigenvalue weighted by Gasteiger charge is 2.04. The largest absolute Gasteiger partial charge is 0.493 e. The highest BCUT2D eigenvalue weighted by atomic mass is 35.5. The van der Waals surface area contributed by atoms with Gasteiger partial charge in [0.15, 0.2) is 11.5 Å². The van der Waals surface area contributed by atoms with Crippen LogP contribution in [-0.2, 0) is 13.1 Å². The summed E-state index contributed by atoms with van der Waals surface area (Å²) in [7, 11) is 1.67. The number of hydrogen-bond donors (Lipinski definition) is 1. The molecule has 0 aliphatic carbocycles. The number of rotatable bonds is 9. The minimum Gasteiger partial charge on any atom is -0.493 e. The number of methoxy groups -OCH3 is 1. The zero-order valence-corrected chi connectivity index (χ0v) is 13.9. The highest BCUT2D eigenvalue weighted by Crippen LogP contribution is 2.27. The van der Waals surface area contributed by atoms with Crippen LogP contribution in [0.5, 0.6) is 11.5 Å². The summed E-state index contributed by atoms with van der Waals surface area (Å²) in [5.74, 6) is 1.58. The molecule has 0 saturated carbocycles. The van der Waals surface area contributed by atoms with E-state index in [1.54, 1.807) is 13.3 Å². The molecule has 22 heavy (non-hydrogen) atoms. The van der Waals surface area contributed by atoms with E-state index in [2.05, 4.69) is 20.9 Å². The van der Waals surface area contributed by atoms with Gasteiger partial charge in [-0.15, -0.1) is 12.4 Å². The summed E-state index contributed by atoms with van der Waals surface area (Å²) in [6.07, 6.45) is 6.71. The van der Waals surface area contributed by atoms with E-state index in [1.165, 1.54) is 5.56 Å². The predicted octanol–water partition coefficient (Wildman–Crippen LogP) is 2.89. The van der Waals surface area contributed by atoms with Gasteiger partial charge in [-0.25, -0.2) is 4.98 Å². The van der Waals surface area contributed by atoms with Crippen LogP contribution in [0.4, 0.5) is 0 Å². The van der Waals surface area contributed by atoms with Crippen LogP contribution in [0.2, 0.25) is 0 Å². The molecule has 0 aliphatic rings. The number of aryl methyl sites for hydroxylation is 1. The Morgan fingerprint density at radius 1 is 1.27 bits per heavy atom. The molecule has 0 aliphatic heterocycles. The van der Waals surface area contributed by atoms with Crippen LogP contribution in [-0.4, -0.2) is 29.8 Å². The van der Waals surface area contributed by atoms with Gasteiger partial charge in [-0.2, -0.15) is 0 Å². The van der Waals surface area contributed by atoms with Gasteiger partial charge < -0.3 is 19.4 Å². The summed E-state index contributed by atoms with van der Waals surface area (Å²) in [5.41, 5.74) is 1.19. The zero-order chi connectivity index (χ0) is 14.9. The van der Waals surface area contributed by atoms with E-state index in [1.807, 2.05) is 31.6 Å². The van der Waals surface area contributed by atoms with Gasteiger partial charge in [-0.05, 0) is 37.6 Å². The second kappa shape index (κ2) is 10.1. The third-order valence-corrected chi connectivity index (χ3v) is 3.19. The maximum atomic E-state index is 5.51. The Morgan fingerprint density at radius 2 is 2.14 bits per heavy atom. The number of aromatic nitrogens is 2. The summed E-state index contributed by atoms with van der Waals surface area (Å²) in [6.45, 7) is 5.39. The molecule has 0 fully saturated rings. The lowest BCUT2D eigenvalue weighted by Gasteiger charge is -2.11. The first-order valence-corrected chi connectivity index (χ1v) is 7.29. The number of nitrogens with zero attached hydrogens (tertiary/aromatic N) is 2. The van der Waals surface area contributed by atoms with E-state index >= 15 is 0 Å². The first kappa shape index (κ1) is 18.3. The lowest BCUT2D eigenvalue weighted by molar-refractivity contribution is 0.310. The number of nitrogens with one attached hydrogen (secondary N) is 1. The Kier molecular flexibility index (Phi) is 8.40. The fourth-order valence-electron chi connectivity index (χ4n) is 2.14. The van der Waals surface area contributed by atoms with Gasteiger partial charge in [-0.1, -0.05) is 6.07 Å². The van der Waals surface area contributed by atoms with E-state index in [0.29, 0.717) is 6.61 Å². The van der Waals surface area contributed by atoms with Crippen LogP contribution in [0.25, 0.3) is 0 Å². The fraction of sp³-hybridized carbons (Fsp3) is 0.438. The van der Waals surface area contributed by atoms with Crippen molar-refractivity contribution in [1.29, 1.82) is 0 Å². The van der Waals surface area contributed by atoms with Crippen molar-refractivity contribution in [2.75, 3.05) is 20.3 Å². The van der Waals surface area contributed by atoms with Crippen molar-refractivity contribution in [2.24, 2.45) is 0 Å². The van der Waals surface area contributed by atoms with Gasteiger partial charge in [0.25, 0.3) is 0 Å².